The lowest BCUT2D eigenvalue weighted by Gasteiger charge is -2.18. The Morgan fingerprint density at radius 3 is 2.35 bits per heavy atom. The van der Waals surface area contributed by atoms with Gasteiger partial charge < -0.3 is 15.5 Å². The van der Waals surface area contributed by atoms with E-state index in [9.17, 15) is 0 Å². The van der Waals surface area contributed by atoms with Crippen molar-refractivity contribution in [3.05, 3.63) is 64.4 Å². The lowest BCUT2D eigenvalue weighted by atomic mass is 10.2. The Kier molecular flexibility index (Phi) is 5.32. The first kappa shape index (κ1) is 15.6. The van der Waals surface area contributed by atoms with Gasteiger partial charge in [0.05, 0.1) is 0 Å². The minimum atomic E-state index is 0.766. The molecule has 0 amide bonds. The average molecular weight is 326 g/mol. The number of aliphatic imine (C=N–C) groups is 1. The molecule has 1 aliphatic heterocycles. The largest absolute Gasteiger partial charge is 0.364 e. The van der Waals surface area contributed by atoms with Crippen molar-refractivity contribution in [2.24, 2.45) is 4.99 Å². The van der Waals surface area contributed by atoms with E-state index in [0.717, 1.165) is 32.1 Å². The summed E-state index contributed by atoms with van der Waals surface area (Å²) in [4.78, 5) is 6.61. The Morgan fingerprint density at radius 1 is 1.04 bits per heavy atom. The highest BCUT2D eigenvalue weighted by Gasteiger charge is 2.07. The number of benzene rings is 1. The van der Waals surface area contributed by atoms with Crippen molar-refractivity contribution in [2.45, 2.75) is 13.1 Å². The first-order valence-electron chi connectivity index (χ1n) is 7.79. The quantitative estimate of drug-likeness (QED) is 0.504. The molecule has 2 aromatic rings. The first-order chi connectivity index (χ1) is 11.3. The van der Waals surface area contributed by atoms with Gasteiger partial charge in [0.15, 0.2) is 5.96 Å². The summed E-state index contributed by atoms with van der Waals surface area (Å²) < 4.78 is 0. The molecule has 0 aliphatic carbocycles. The van der Waals surface area contributed by atoms with Gasteiger partial charge >= 0.3 is 0 Å². The predicted octanol–water partition coefficient (Wildman–Crippen LogP) is 2.99. The number of nitrogens with one attached hydrogen (secondary N) is 2. The zero-order valence-electron chi connectivity index (χ0n) is 13.3. The summed E-state index contributed by atoms with van der Waals surface area (Å²) in [6.07, 6.45) is 4.41. The Morgan fingerprint density at radius 2 is 1.74 bits per heavy atom. The van der Waals surface area contributed by atoms with Crippen molar-refractivity contribution in [3.8, 4) is 0 Å². The number of hydrogen-bond donors (Lipinski definition) is 2. The summed E-state index contributed by atoms with van der Waals surface area (Å²) in [5, 5.41) is 10.9. The summed E-state index contributed by atoms with van der Waals surface area (Å²) >= 11 is 1.71. The highest BCUT2D eigenvalue weighted by molar-refractivity contribution is 7.07. The van der Waals surface area contributed by atoms with Crippen LogP contribution in [0.15, 0.2) is 58.2 Å². The number of guanidine groups is 1. The monoisotopic (exact) mass is 326 g/mol. The SMILES string of the molecule is CN=C(NCc1ccc(N2CC=CC2)cc1)NCc1ccsc1. The van der Waals surface area contributed by atoms with Gasteiger partial charge in [-0.1, -0.05) is 24.3 Å². The van der Waals surface area contributed by atoms with Crippen molar-refractivity contribution in [2.75, 3.05) is 25.0 Å². The number of rotatable bonds is 5. The topological polar surface area (TPSA) is 39.7 Å². The van der Waals surface area contributed by atoms with E-state index >= 15 is 0 Å². The van der Waals surface area contributed by atoms with Gasteiger partial charge in [-0.15, -0.1) is 0 Å². The molecule has 0 bridgehead atoms. The van der Waals surface area contributed by atoms with Gasteiger partial charge in [-0.05, 0) is 40.1 Å². The fraction of sp³-hybridized carbons (Fsp3) is 0.278. The van der Waals surface area contributed by atoms with Gasteiger partial charge in [0, 0.05) is 38.9 Å². The molecule has 120 valence electrons. The van der Waals surface area contributed by atoms with E-state index in [1.54, 1.807) is 18.4 Å². The van der Waals surface area contributed by atoms with Crippen LogP contribution in [0.4, 0.5) is 5.69 Å². The summed E-state index contributed by atoms with van der Waals surface area (Å²) in [5.41, 5.74) is 3.81. The molecule has 0 atom stereocenters. The van der Waals surface area contributed by atoms with Crippen LogP contribution in [0, 0.1) is 0 Å². The molecule has 0 saturated carbocycles. The van der Waals surface area contributed by atoms with Gasteiger partial charge in [-0.25, -0.2) is 0 Å². The zero-order valence-corrected chi connectivity index (χ0v) is 14.1. The van der Waals surface area contributed by atoms with Crippen LogP contribution in [0.2, 0.25) is 0 Å². The van der Waals surface area contributed by atoms with Crippen molar-refractivity contribution in [1.82, 2.24) is 10.6 Å². The molecule has 1 aromatic carbocycles. The maximum atomic E-state index is 4.26. The second-order valence-electron chi connectivity index (χ2n) is 5.45. The van der Waals surface area contributed by atoms with E-state index in [2.05, 4.69) is 73.8 Å². The minimum Gasteiger partial charge on any atom is -0.364 e. The van der Waals surface area contributed by atoms with E-state index < -0.39 is 0 Å². The third-order valence-electron chi connectivity index (χ3n) is 3.84. The third kappa shape index (κ3) is 4.36. The highest BCUT2D eigenvalue weighted by Crippen LogP contribution is 2.17. The highest BCUT2D eigenvalue weighted by atomic mass is 32.1. The van der Waals surface area contributed by atoms with Gasteiger partial charge in [0.2, 0.25) is 0 Å². The van der Waals surface area contributed by atoms with Gasteiger partial charge in [0.25, 0.3) is 0 Å². The summed E-state index contributed by atoms with van der Waals surface area (Å²) in [5.74, 6) is 0.823. The van der Waals surface area contributed by atoms with Crippen molar-refractivity contribution in [3.63, 3.8) is 0 Å². The Labute approximate surface area is 141 Å². The van der Waals surface area contributed by atoms with Crippen LogP contribution in [0.3, 0.4) is 0 Å². The maximum Gasteiger partial charge on any atom is 0.191 e. The molecule has 4 nitrogen and oxygen atoms in total. The van der Waals surface area contributed by atoms with E-state index in [0.29, 0.717) is 0 Å². The Bertz CT molecular complexity index is 651. The Hall–Kier alpha value is -2.27. The Balaban J connectivity index is 1.48. The second-order valence-corrected chi connectivity index (χ2v) is 6.23. The van der Waals surface area contributed by atoms with E-state index in [1.165, 1.54) is 16.8 Å². The van der Waals surface area contributed by atoms with Crippen LogP contribution >= 0.6 is 11.3 Å². The molecular weight excluding hydrogens is 304 g/mol. The molecule has 23 heavy (non-hydrogen) atoms. The van der Waals surface area contributed by atoms with Crippen LogP contribution in [0.25, 0.3) is 0 Å². The van der Waals surface area contributed by atoms with Gasteiger partial charge in [0.1, 0.15) is 0 Å². The molecule has 2 heterocycles. The standard InChI is InChI=1S/C18H22N4S/c1-19-18(21-13-16-8-11-23-14-16)20-12-15-4-6-17(7-5-15)22-9-2-3-10-22/h2-8,11,14H,9-10,12-13H2,1H3,(H2,19,20,21). The van der Waals surface area contributed by atoms with Crippen molar-refractivity contribution < 1.29 is 0 Å². The van der Waals surface area contributed by atoms with E-state index in [-0.39, 0.29) is 0 Å². The number of hydrogen-bond acceptors (Lipinski definition) is 3. The second kappa shape index (κ2) is 7.83. The number of nitrogens with zero attached hydrogens (tertiary/aromatic N) is 2. The average Bonchev–Trinajstić information content (AvgIpc) is 3.29. The molecule has 0 spiro atoms. The van der Waals surface area contributed by atoms with Crippen molar-refractivity contribution >= 4 is 23.0 Å². The fourth-order valence-corrected chi connectivity index (χ4v) is 3.17. The molecule has 1 aromatic heterocycles. The normalized spacial score (nSPS) is 14.3. The molecule has 0 saturated heterocycles. The van der Waals surface area contributed by atoms with E-state index in [4.69, 9.17) is 0 Å². The molecular formula is C18H22N4S. The van der Waals surface area contributed by atoms with Crippen LogP contribution in [0.1, 0.15) is 11.1 Å². The molecule has 3 rings (SSSR count). The lowest BCUT2D eigenvalue weighted by Crippen LogP contribution is -2.36. The molecule has 2 N–H and O–H groups in total. The molecule has 0 unspecified atom stereocenters. The smallest absolute Gasteiger partial charge is 0.191 e. The van der Waals surface area contributed by atoms with Crippen LogP contribution in [0.5, 0.6) is 0 Å². The minimum absolute atomic E-state index is 0.766. The third-order valence-corrected chi connectivity index (χ3v) is 4.58. The summed E-state index contributed by atoms with van der Waals surface area (Å²) in [6.45, 7) is 3.58. The predicted molar refractivity (Wildman–Crippen MR) is 99.2 cm³/mol. The van der Waals surface area contributed by atoms with Crippen LogP contribution in [-0.2, 0) is 13.1 Å². The van der Waals surface area contributed by atoms with Crippen LogP contribution < -0.4 is 15.5 Å². The molecule has 0 radical (unpaired) electrons. The van der Waals surface area contributed by atoms with Gasteiger partial charge in [-0.3, -0.25) is 4.99 Å². The number of thiophene rings is 1. The molecule has 5 heteroatoms. The molecule has 0 fully saturated rings. The molecule has 1 aliphatic rings. The zero-order chi connectivity index (χ0) is 15.9. The lowest BCUT2D eigenvalue weighted by molar-refractivity contribution is 0.810. The summed E-state index contributed by atoms with van der Waals surface area (Å²) in [6, 6.07) is 10.8. The maximum absolute atomic E-state index is 4.26. The summed E-state index contributed by atoms with van der Waals surface area (Å²) in [7, 11) is 1.80. The van der Waals surface area contributed by atoms with E-state index in [1.807, 2.05) is 0 Å². The first-order valence-corrected chi connectivity index (χ1v) is 8.74. The fourth-order valence-electron chi connectivity index (χ4n) is 2.50. The van der Waals surface area contributed by atoms with Gasteiger partial charge in [-0.2, -0.15) is 11.3 Å². The number of anilines is 1. The van der Waals surface area contributed by atoms with Crippen molar-refractivity contribution in [1.29, 1.82) is 0 Å². The van der Waals surface area contributed by atoms with Crippen LogP contribution in [-0.4, -0.2) is 26.1 Å².